The fourth-order valence-corrected chi connectivity index (χ4v) is 3.70. The summed E-state index contributed by atoms with van der Waals surface area (Å²) in [6.07, 6.45) is 20.5. The summed E-state index contributed by atoms with van der Waals surface area (Å²) < 4.78 is 0. The minimum Gasteiger partial charge on any atom is -0.388 e. The number of rotatable bonds is 17. The number of aliphatic hydroxyl groups is 1. The third-order valence-corrected chi connectivity index (χ3v) is 5.49. The molecule has 0 saturated carbocycles. The Morgan fingerprint density at radius 1 is 0.769 bits per heavy atom. The van der Waals surface area contributed by atoms with Crippen LogP contribution in [0.4, 0.5) is 0 Å². The van der Waals surface area contributed by atoms with Gasteiger partial charge >= 0.3 is 0 Å². The molecule has 1 heteroatoms. The van der Waals surface area contributed by atoms with Crippen molar-refractivity contribution in [2.24, 2.45) is 5.92 Å². The van der Waals surface area contributed by atoms with Gasteiger partial charge in [0.2, 0.25) is 0 Å². The summed E-state index contributed by atoms with van der Waals surface area (Å²) in [5.41, 5.74) is 1.01. The van der Waals surface area contributed by atoms with Crippen LogP contribution in [0.5, 0.6) is 0 Å². The molecular weight excluding hydrogens is 316 g/mol. The lowest BCUT2D eigenvalue weighted by molar-refractivity contribution is 0.125. The molecule has 0 aromatic heterocycles. The van der Waals surface area contributed by atoms with Crippen LogP contribution in [0.2, 0.25) is 0 Å². The van der Waals surface area contributed by atoms with Gasteiger partial charge < -0.3 is 5.11 Å². The molecule has 2 atom stereocenters. The predicted molar refractivity (Wildman–Crippen MR) is 115 cm³/mol. The molecule has 1 aromatic carbocycles. The van der Waals surface area contributed by atoms with Crippen molar-refractivity contribution in [3.63, 3.8) is 0 Å². The molecule has 0 spiro atoms. The topological polar surface area (TPSA) is 20.2 Å². The summed E-state index contributed by atoms with van der Waals surface area (Å²) >= 11 is 0. The van der Waals surface area contributed by atoms with Gasteiger partial charge in [0, 0.05) is 5.92 Å². The van der Waals surface area contributed by atoms with Gasteiger partial charge in [-0.05, 0) is 12.0 Å². The molecule has 0 unspecified atom stereocenters. The van der Waals surface area contributed by atoms with E-state index in [-0.39, 0.29) is 5.92 Å². The highest BCUT2D eigenvalue weighted by Crippen LogP contribution is 2.27. The number of hydrogen-bond donors (Lipinski definition) is 1. The molecule has 1 N–H and O–H groups in total. The molecule has 26 heavy (non-hydrogen) atoms. The Kier molecular flexibility index (Phi) is 14.2. The fourth-order valence-electron chi connectivity index (χ4n) is 3.70. The Labute approximate surface area is 162 Å². The second-order valence-corrected chi connectivity index (χ2v) is 7.79. The van der Waals surface area contributed by atoms with E-state index in [1.54, 1.807) is 0 Å². The molecule has 0 saturated heterocycles. The third-order valence-electron chi connectivity index (χ3n) is 5.49. The number of benzene rings is 1. The standard InChI is InChI=1S/C25H42O/c1-3-5-6-7-8-9-10-11-12-13-14-15-17-20-23(4-2)25(26)24-21-18-16-19-22-24/h4,16,18-19,21-23,25-26H,2-3,5-15,17,20H2,1H3/t23-,25+/m1/s1. The first-order valence-corrected chi connectivity index (χ1v) is 11.1. The second kappa shape index (κ2) is 16.1. The predicted octanol–water partition coefficient (Wildman–Crippen LogP) is 8.00. The van der Waals surface area contributed by atoms with Gasteiger partial charge in [0.1, 0.15) is 0 Å². The average molecular weight is 359 g/mol. The highest BCUT2D eigenvalue weighted by molar-refractivity contribution is 5.19. The van der Waals surface area contributed by atoms with E-state index in [1.807, 2.05) is 36.4 Å². The van der Waals surface area contributed by atoms with Gasteiger partial charge in [0.05, 0.1) is 6.10 Å². The quantitative estimate of drug-likeness (QED) is 0.221. The maximum atomic E-state index is 10.5. The Balaban J connectivity index is 1.97. The zero-order chi connectivity index (χ0) is 18.9. The highest BCUT2D eigenvalue weighted by Gasteiger charge is 2.17. The van der Waals surface area contributed by atoms with E-state index in [0.29, 0.717) is 0 Å². The normalized spacial score (nSPS) is 13.5. The summed E-state index contributed by atoms with van der Waals surface area (Å²) in [5, 5.41) is 10.5. The van der Waals surface area contributed by atoms with Crippen molar-refractivity contribution in [3.8, 4) is 0 Å². The Morgan fingerprint density at radius 2 is 1.23 bits per heavy atom. The van der Waals surface area contributed by atoms with Crippen LogP contribution in [0.15, 0.2) is 43.0 Å². The lowest BCUT2D eigenvalue weighted by Crippen LogP contribution is -2.10. The van der Waals surface area contributed by atoms with Gasteiger partial charge in [-0.25, -0.2) is 0 Å². The summed E-state index contributed by atoms with van der Waals surface area (Å²) in [5.74, 6) is 0.171. The molecule has 0 bridgehead atoms. The van der Waals surface area contributed by atoms with Crippen molar-refractivity contribution >= 4 is 0 Å². The maximum absolute atomic E-state index is 10.5. The Hall–Kier alpha value is -1.08. The molecule has 1 nitrogen and oxygen atoms in total. The molecule has 0 heterocycles. The van der Waals surface area contributed by atoms with Gasteiger partial charge in [0.15, 0.2) is 0 Å². The monoisotopic (exact) mass is 358 g/mol. The Morgan fingerprint density at radius 3 is 1.69 bits per heavy atom. The largest absolute Gasteiger partial charge is 0.388 e. The molecule has 0 aliphatic rings. The zero-order valence-electron chi connectivity index (χ0n) is 17.2. The fraction of sp³-hybridized carbons (Fsp3) is 0.680. The van der Waals surface area contributed by atoms with E-state index in [4.69, 9.17) is 0 Å². The van der Waals surface area contributed by atoms with E-state index in [0.717, 1.165) is 12.0 Å². The molecular formula is C25H42O. The van der Waals surface area contributed by atoms with Crippen molar-refractivity contribution in [3.05, 3.63) is 48.6 Å². The molecule has 0 radical (unpaired) electrons. The maximum Gasteiger partial charge on any atom is 0.0852 e. The van der Waals surface area contributed by atoms with Crippen molar-refractivity contribution in [2.75, 3.05) is 0 Å². The van der Waals surface area contributed by atoms with Gasteiger partial charge in [-0.1, -0.05) is 127 Å². The van der Waals surface area contributed by atoms with Gasteiger partial charge in [-0.15, -0.1) is 6.58 Å². The van der Waals surface area contributed by atoms with Gasteiger partial charge in [-0.2, -0.15) is 0 Å². The van der Waals surface area contributed by atoms with Gasteiger partial charge in [-0.3, -0.25) is 0 Å². The summed E-state index contributed by atoms with van der Waals surface area (Å²) in [7, 11) is 0. The first-order chi connectivity index (χ1) is 12.8. The molecule has 0 amide bonds. The van der Waals surface area contributed by atoms with Crippen LogP contribution in [0, 0.1) is 5.92 Å². The van der Waals surface area contributed by atoms with E-state index in [1.165, 1.54) is 83.5 Å². The SMILES string of the molecule is C=C[C@H](CCCCCCCCCCCCCCC)[C@H](O)c1ccccc1. The lowest BCUT2D eigenvalue weighted by Gasteiger charge is -2.20. The Bertz CT molecular complexity index is 425. The average Bonchev–Trinajstić information content (AvgIpc) is 2.68. The van der Waals surface area contributed by atoms with Crippen molar-refractivity contribution in [1.29, 1.82) is 0 Å². The number of hydrogen-bond acceptors (Lipinski definition) is 1. The van der Waals surface area contributed by atoms with Crippen LogP contribution in [0.3, 0.4) is 0 Å². The zero-order valence-corrected chi connectivity index (χ0v) is 17.2. The summed E-state index contributed by atoms with van der Waals surface area (Å²) in [6, 6.07) is 9.98. The van der Waals surface area contributed by atoms with Crippen molar-refractivity contribution in [2.45, 2.75) is 103 Å². The molecule has 148 valence electrons. The van der Waals surface area contributed by atoms with Gasteiger partial charge in [0.25, 0.3) is 0 Å². The lowest BCUT2D eigenvalue weighted by atomic mass is 9.90. The molecule has 1 aromatic rings. The first-order valence-electron chi connectivity index (χ1n) is 11.1. The highest BCUT2D eigenvalue weighted by atomic mass is 16.3. The number of aliphatic hydroxyl groups excluding tert-OH is 1. The molecule has 0 aliphatic heterocycles. The van der Waals surface area contributed by atoms with Crippen LogP contribution in [-0.2, 0) is 0 Å². The van der Waals surface area contributed by atoms with E-state index in [9.17, 15) is 5.11 Å². The van der Waals surface area contributed by atoms with Crippen LogP contribution < -0.4 is 0 Å². The second-order valence-electron chi connectivity index (χ2n) is 7.79. The minimum atomic E-state index is -0.411. The van der Waals surface area contributed by atoms with E-state index >= 15 is 0 Å². The van der Waals surface area contributed by atoms with Crippen LogP contribution >= 0.6 is 0 Å². The van der Waals surface area contributed by atoms with E-state index < -0.39 is 6.10 Å². The smallest absolute Gasteiger partial charge is 0.0852 e. The summed E-state index contributed by atoms with van der Waals surface area (Å²) in [6.45, 7) is 6.21. The number of unbranched alkanes of at least 4 members (excludes halogenated alkanes) is 12. The third kappa shape index (κ3) is 10.8. The van der Waals surface area contributed by atoms with Crippen LogP contribution in [-0.4, -0.2) is 5.11 Å². The molecule has 0 fully saturated rings. The molecule has 0 aliphatic carbocycles. The van der Waals surface area contributed by atoms with Crippen LogP contribution in [0.25, 0.3) is 0 Å². The van der Waals surface area contributed by atoms with E-state index in [2.05, 4.69) is 13.5 Å². The summed E-state index contributed by atoms with van der Waals surface area (Å²) in [4.78, 5) is 0. The minimum absolute atomic E-state index is 0.171. The van der Waals surface area contributed by atoms with Crippen LogP contribution in [0.1, 0.15) is 108 Å². The van der Waals surface area contributed by atoms with Crippen molar-refractivity contribution in [1.82, 2.24) is 0 Å². The van der Waals surface area contributed by atoms with Crippen molar-refractivity contribution < 1.29 is 5.11 Å². The molecule has 1 rings (SSSR count). The first kappa shape index (κ1) is 23.0.